The third kappa shape index (κ3) is 6.30. The Kier molecular flexibility index (Phi) is 7.07. The van der Waals surface area contributed by atoms with E-state index in [1.165, 1.54) is 16.0 Å². The van der Waals surface area contributed by atoms with E-state index < -0.39 is 11.9 Å². The number of nitrogens with zero attached hydrogens (tertiary/aromatic N) is 1. The number of carboxylic acid groups (broad SMARTS) is 1. The van der Waals surface area contributed by atoms with Gasteiger partial charge in [-0.1, -0.05) is 45.0 Å². The van der Waals surface area contributed by atoms with Crippen molar-refractivity contribution in [3.8, 4) is 0 Å². The summed E-state index contributed by atoms with van der Waals surface area (Å²) in [7, 11) is 1.61. The highest BCUT2D eigenvalue weighted by Gasteiger charge is 2.18. The smallest absolute Gasteiger partial charge is 0.317 e. The summed E-state index contributed by atoms with van der Waals surface area (Å²) in [5.74, 6) is -0.973. The average molecular weight is 320 g/mol. The zero-order valence-corrected chi connectivity index (χ0v) is 14.7. The number of nitrogens with one attached hydrogen (secondary N) is 1. The molecule has 128 valence electrons. The Hall–Kier alpha value is -2.04. The van der Waals surface area contributed by atoms with E-state index in [0.29, 0.717) is 5.92 Å². The van der Waals surface area contributed by atoms with Crippen molar-refractivity contribution in [2.24, 2.45) is 5.92 Å². The number of carbonyl (C=O) groups excluding carboxylic acids is 1. The molecule has 0 bridgehead atoms. The molecule has 2 N–H and O–H groups in total. The first-order valence-electron chi connectivity index (χ1n) is 8.04. The van der Waals surface area contributed by atoms with Crippen LogP contribution in [0.2, 0.25) is 0 Å². The van der Waals surface area contributed by atoms with Crippen LogP contribution in [-0.4, -0.2) is 41.6 Å². The molecule has 5 heteroatoms. The number of carbonyl (C=O) groups is 2. The van der Waals surface area contributed by atoms with Crippen LogP contribution in [0.3, 0.4) is 0 Å². The quantitative estimate of drug-likeness (QED) is 0.811. The van der Waals surface area contributed by atoms with Gasteiger partial charge in [0.1, 0.15) is 0 Å². The van der Waals surface area contributed by atoms with Gasteiger partial charge in [-0.15, -0.1) is 0 Å². The maximum Gasteiger partial charge on any atom is 0.317 e. The molecule has 5 nitrogen and oxygen atoms in total. The van der Waals surface area contributed by atoms with Gasteiger partial charge < -0.3 is 15.3 Å². The van der Waals surface area contributed by atoms with Crippen molar-refractivity contribution in [1.82, 2.24) is 10.2 Å². The van der Waals surface area contributed by atoms with E-state index in [1.807, 2.05) is 6.92 Å². The first kappa shape index (κ1) is 19.0. The normalized spacial score (nSPS) is 13.5. The number of benzene rings is 1. The molecular formula is C18H28N2O3. The van der Waals surface area contributed by atoms with Crippen LogP contribution in [0.25, 0.3) is 0 Å². The molecule has 0 radical (unpaired) electrons. The second-order valence-corrected chi connectivity index (χ2v) is 6.57. The molecule has 0 aliphatic rings. The number of rotatable bonds is 7. The van der Waals surface area contributed by atoms with Gasteiger partial charge in [-0.25, -0.2) is 4.79 Å². The lowest BCUT2D eigenvalue weighted by molar-refractivity contribution is -0.141. The number of carboxylic acids is 1. The third-order valence-corrected chi connectivity index (χ3v) is 3.87. The lowest BCUT2D eigenvalue weighted by Gasteiger charge is -2.23. The lowest BCUT2D eigenvalue weighted by atomic mass is 9.99. The molecule has 23 heavy (non-hydrogen) atoms. The summed E-state index contributed by atoms with van der Waals surface area (Å²) in [6.45, 7) is 8.04. The van der Waals surface area contributed by atoms with Crippen molar-refractivity contribution in [1.29, 1.82) is 0 Å². The van der Waals surface area contributed by atoms with Gasteiger partial charge >= 0.3 is 12.0 Å². The molecule has 1 aromatic carbocycles. The van der Waals surface area contributed by atoms with Crippen LogP contribution in [-0.2, 0) is 11.2 Å². The highest BCUT2D eigenvalue weighted by atomic mass is 16.4. The summed E-state index contributed by atoms with van der Waals surface area (Å²) in [5, 5.41) is 11.8. The molecule has 1 rings (SSSR count). The molecule has 0 aromatic heterocycles. The zero-order valence-electron chi connectivity index (χ0n) is 14.7. The Bertz CT molecular complexity index is 526. The average Bonchev–Trinajstić information content (AvgIpc) is 2.47. The highest BCUT2D eigenvalue weighted by molar-refractivity contribution is 5.76. The minimum absolute atomic E-state index is 0.0185. The van der Waals surface area contributed by atoms with Gasteiger partial charge in [0, 0.05) is 19.6 Å². The van der Waals surface area contributed by atoms with Gasteiger partial charge in [0.25, 0.3) is 0 Å². The predicted octanol–water partition coefficient (Wildman–Crippen LogP) is 3.10. The molecule has 0 spiro atoms. The van der Waals surface area contributed by atoms with Crippen molar-refractivity contribution in [3.05, 3.63) is 35.4 Å². The molecule has 2 atom stereocenters. The minimum Gasteiger partial charge on any atom is -0.481 e. The van der Waals surface area contributed by atoms with Crippen LogP contribution >= 0.6 is 0 Å². The van der Waals surface area contributed by atoms with Gasteiger partial charge in [0.05, 0.1) is 5.92 Å². The van der Waals surface area contributed by atoms with E-state index in [9.17, 15) is 9.59 Å². The Morgan fingerprint density at radius 2 is 1.70 bits per heavy atom. The van der Waals surface area contributed by atoms with E-state index in [0.717, 1.165) is 6.42 Å². The topological polar surface area (TPSA) is 69.6 Å². The molecule has 0 aliphatic carbocycles. The standard InChI is InChI=1S/C18H28N2O3/c1-12(2)16-8-6-15(7-9-16)10-14(4)19-18(23)20(5)11-13(3)17(21)22/h6-9,12-14H,10-11H2,1-5H3,(H,19,23)(H,21,22). The fourth-order valence-corrected chi connectivity index (χ4v) is 2.34. The molecule has 0 aliphatic heterocycles. The van der Waals surface area contributed by atoms with Gasteiger partial charge in [-0.2, -0.15) is 0 Å². The number of hydrogen-bond acceptors (Lipinski definition) is 2. The number of amides is 2. The van der Waals surface area contributed by atoms with Crippen molar-refractivity contribution in [3.63, 3.8) is 0 Å². The second-order valence-electron chi connectivity index (χ2n) is 6.57. The first-order chi connectivity index (χ1) is 10.7. The molecular weight excluding hydrogens is 292 g/mol. The number of hydrogen-bond donors (Lipinski definition) is 2. The molecule has 1 aromatic rings. The van der Waals surface area contributed by atoms with E-state index in [4.69, 9.17) is 5.11 Å². The van der Waals surface area contributed by atoms with Crippen LogP contribution in [0.15, 0.2) is 24.3 Å². The van der Waals surface area contributed by atoms with Crippen LogP contribution in [0.1, 0.15) is 44.7 Å². The molecule has 0 saturated carbocycles. The van der Waals surface area contributed by atoms with Crippen molar-refractivity contribution >= 4 is 12.0 Å². The maximum absolute atomic E-state index is 12.1. The van der Waals surface area contributed by atoms with E-state index in [1.54, 1.807) is 14.0 Å². The van der Waals surface area contributed by atoms with E-state index >= 15 is 0 Å². The van der Waals surface area contributed by atoms with E-state index in [-0.39, 0.29) is 18.6 Å². The van der Waals surface area contributed by atoms with Gasteiger partial charge in [-0.05, 0) is 30.4 Å². The van der Waals surface area contributed by atoms with Gasteiger partial charge in [-0.3, -0.25) is 4.79 Å². The monoisotopic (exact) mass is 320 g/mol. The van der Waals surface area contributed by atoms with Crippen molar-refractivity contribution in [2.75, 3.05) is 13.6 Å². The van der Waals surface area contributed by atoms with Crippen LogP contribution in [0.5, 0.6) is 0 Å². The Labute approximate surface area is 138 Å². The maximum atomic E-state index is 12.1. The predicted molar refractivity (Wildman–Crippen MR) is 91.7 cm³/mol. The largest absolute Gasteiger partial charge is 0.481 e. The summed E-state index contributed by atoms with van der Waals surface area (Å²) in [4.78, 5) is 24.3. The summed E-state index contributed by atoms with van der Waals surface area (Å²) >= 11 is 0. The second kappa shape index (κ2) is 8.56. The Morgan fingerprint density at radius 1 is 1.13 bits per heavy atom. The minimum atomic E-state index is -0.900. The molecule has 0 fully saturated rings. The molecule has 2 unspecified atom stereocenters. The molecule has 2 amide bonds. The Balaban J connectivity index is 2.50. The van der Waals surface area contributed by atoms with Gasteiger partial charge in [0.15, 0.2) is 0 Å². The lowest BCUT2D eigenvalue weighted by Crippen LogP contribution is -2.44. The number of aliphatic carboxylic acids is 1. The Morgan fingerprint density at radius 3 is 2.17 bits per heavy atom. The van der Waals surface area contributed by atoms with Crippen LogP contribution < -0.4 is 5.32 Å². The molecule has 0 saturated heterocycles. The van der Waals surface area contributed by atoms with E-state index in [2.05, 4.69) is 43.4 Å². The first-order valence-corrected chi connectivity index (χ1v) is 8.04. The molecule has 0 heterocycles. The fourth-order valence-electron chi connectivity index (χ4n) is 2.34. The summed E-state index contributed by atoms with van der Waals surface area (Å²) in [5.41, 5.74) is 2.47. The fraction of sp³-hybridized carbons (Fsp3) is 0.556. The van der Waals surface area contributed by atoms with Crippen molar-refractivity contribution < 1.29 is 14.7 Å². The third-order valence-electron chi connectivity index (χ3n) is 3.87. The summed E-state index contributed by atoms with van der Waals surface area (Å²) < 4.78 is 0. The number of urea groups is 1. The van der Waals surface area contributed by atoms with Gasteiger partial charge in [0.2, 0.25) is 0 Å². The summed E-state index contributed by atoms with van der Waals surface area (Å²) in [6.07, 6.45) is 0.742. The SMILES string of the molecule is CC(Cc1ccc(C(C)C)cc1)NC(=O)N(C)CC(C)C(=O)O. The van der Waals surface area contributed by atoms with Crippen LogP contribution in [0.4, 0.5) is 4.79 Å². The highest BCUT2D eigenvalue weighted by Crippen LogP contribution is 2.15. The summed E-state index contributed by atoms with van der Waals surface area (Å²) in [6, 6.07) is 8.16. The van der Waals surface area contributed by atoms with Crippen molar-refractivity contribution in [2.45, 2.75) is 46.1 Å². The zero-order chi connectivity index (χ0) is 17.6. The van der Waals surface area contributed by atoms with Crippen LogP contribution in [0, 0.1) is 5.92 Å².